The maximum atomic E-state index is 10.7. The van der Waals surface area contributed by atoms with Gasteiger partial charge in [-0.2, -0.15) is 0 Å². The lowest BCUT2D eigenvalue weighted by molar-refractivity contribution is 0.0686. The molecule has 2 aromatic heterocycles. The van der Waals surface area contributed by atoms with Gasteiger partial charge in [-0.25, -0.2) is 9.97 Å². The van der Waals surface area contributed by atoms with E-state index in [1.54, 1.807) is 0 Å². The summed E-state index contributed by atoms with van der Waals surface area (Å²) in [5.41, 5.74) is 7.85. The van der Waals surface area contributed by atoms with Gasteiger partial charge in [0.1, 0.15) is 0 Å². The van der Waals surface area contributed by atoms with Crippen LogP contribution in [0.15, 0.2) is 73.6 Å². The summed E-state index contributed by atoms with van der Waals surface area (Å²) in [5, 5.41) is 10.9. The number of hydrogen-bond acceptors (Lipinski definition) is 4. The predicted octanol–water partition coefficient (Wildman–Crippen LogP) is 10.6. The first-order chi connectivity index (χ1) is 23.6. The summed E-state index contributed by atoms with van der Waals surface area (Å²) in [7, 11) is -1.82. The summed E-state index contributed by atoms with van der Waals surface area (Å²) in [6.07, 6.45) is 22.9. The van der Waals surface area contributed by atoms with E-state index in [9.17, 15) is 5.11 Å². The van der Waals surface area contributed by atoms with E-state index in [4.69, 9.17) is 4.43 Å². The highest BCUT2D eigenvalue weighted by Crippen LogP contribution is 2.46. The van der Waals surface area contributed by atoms with Crippen molar-refractivity contribution in [2.75, 3.05) is 0 Å². The highest BCUT2D eigenvalue weighted by molar-refractivity contribution is 6.74. The van der Waals surface area contributed by atoms with Crippen LogP contribution < -0.4 is 0 Å². The topological polar surface area (TPSA) is 65.1 Å². The molecule has 4 aromatic rings. The standard InChI is InChI=1S/C24H36N2OSi.C18H22N2O/c1-24(2,3)28(4,5)27-23(18-11-7-6-8-12-18)15-21-19-13-9-10-14-20(19)22-16-25-17-26(21)22;21-18(13-6-2-1-3-7-13)10-16-14-8-4-5-9-15(14)17-11-19-12-20(16)17/h9-10,13-14,16-18,21,23H,6-8,11-12,15H2,1-5H3;4-5,8-9,11-13,16,18,21H,1-3,6-7,10H2/t21-,23-;16-,18-/m00/s1. The van der Waals surface area contributed by atoms with Crippen LogP contribution in [0.25, 0.3) is 22.5 Å². The lowest BCUT2D eigenvalue weighted by Crippen LogP contribution is -2.46. The highest BCUT2D eigenvalue weighted by atomic mass is 28.4. The quantitative estimate of drug-likeness (QED) is 0.188. The summed E-state index contributed by atoms with van der Waals surface area (Å²) < 4.78 is 11.7. The van der Waals surface area contributed by atoms with Crippen molar-refractivity contribution in [3.05, 3.63) is 84.7 Å². The Morgan fingerprint density at radius 2 is 1.18 bits per heavy atom. The molecule has 0 saturated heterocycles. The molecule has 2 saturated carbocycles. The number of hydrogen-bond donors (Lipinski definition) is 1. The first kappa shape index (κ1) is 34.4. The Kier molecular flexibility index (Phi) is 10.1. The van der Waals surface area contributed by atoms with E-state index in [2.05, 4.69) is 101 Å². The number of aliphatic hydroxyl groups is 1. The third-order valence-corrected chi connectivity index (χ3v) is 17.2. The van der Waals surface area contributed by atoms with E-state index in [0.29, 0.717) is 24.0 Å². The van der Waals surface area contributed by atoms with Crippen LogP contribution in [0, 0.1) is 11.8 Å². The van der Waals surface area contributed by atoms with Crippen molar-refractivity contribution in [2.24, 2.45) is 11.8 Å². The SMILES string of the molecule is CC(C)(C)[Si](C)(C)O[C@@H](C[C@H]1c2ccccc2-c2cncn21)C1CCCCC1.O[C@@H](C[C@H]1c2ccccc2-c2cncn21)C1CCCCC1. The monoisotopic (exact) mass is 678 g/mol. The number of rotatable bonds is 8. The fourth-order valence-electron chi connectivity index (χ4n) is 8.90. The van der Waals surface area contributed by atoms with Crippen LogP contribution >= 0.6 is 0 Å². The smallest absolute Gasteiger partial charge is 0.192 e. The Labute approximate surface area is 295 Å². The van der Waals surface area contributed by atoms with Gasteiger partial charge in [0.05, 0.1) is 60.7 Å². The average Bonchev–Trinajstić information content (AvgIpc) is 3.89. The van der Waals surface area contributed by atoms with Gasteiger partial charge in [0.15, 0.2) is 8.32 Å². The molecule has 1 N–H and O–H groups in total. The molecule has 262 valence electrons. The number of imidazole rings is 2. The van der Waals surface area contributed by atoms with Gasteiger partial charge in [-0.05, 0) is 79.6 Å². The van der Waals surface area contributed by atoms with Gasteiger partial charge in [0, 0.05) is 11.1 Å². The molecule has 2 aliphatic carbocycles. The predicted molar refractivity (Wildman–Crippen MR) is 202 cm³/mol. The van der Waals surface area contributed by atoms with Gasteiger partial charge in [-0.1, -0.05) is 108 Å². The molecule has 0 spiro atoms. The number of fused-ring (bicyclic) bond motifs is 6. The van der Waals surface area contributed by atoms with Crippen molar-refractivity contribution in [1.82, 2.24) is 19.1 Å². The molecule has 0 bridgehead atoms. The van der Waals surface area contributed by atoms with Crippen LogP contribution in [0.2, 0.25) is 18.1 Å². The lowest BCUT2D eigenvalue weighted by atomic mass is 9.82. The number of nitrogens with zero attached hydrogens (tertiary/aromatic N) is 4. The summed E-state index contributed by atoms with van der Waals surface area (Å²) >= 11 is 0. The summed E-state index contributed by atoms with van der Waals surface area (Å²) in [4.78, 5) is 8.75. The van der Waals surface area contributed by atoms with Gasteiger partial charge in [-0.3, -0.25) is 0 Å². The number of benzene rings is 2. The van der Waals surface area contributed by atoms with Gasteiger partial charge < -0.3 is 18.7 Å². The van der Waals surface area contributed by atoms with Crippen molar-refractivity contribution < 1.29 is 9.53 Å². The second kappa shape index (κ2) is 14.3. The van der Waals surface area contributed by atoms with Crippen molar-refractivity contribution in [3.8, 4) is 22.5 Å². The second-order valence-corrected chi connectivity index (χ2v) is 21.6. The Morgan fingerprint density at radius 1 is 0.714 bits per heavy atom. The maximum Gasteiger partial charge on any atom is 0.192 e. The summed E-state index contributed by atoms with van der Waals surface area (Å²) in [5.74, 6) is 1.18. The van der Waals surface area contributed by atoms with E-state index < -0.39 is 8.32 Å². The van der Waals surface area contributed by atoms with Crippen LogP contribution in [-0.4, -0.2) is 44.7 Å². The zero-order chi connectivity index (χ0) is 34.2. The van der Waals surface area contributed by atoms with Crippen molar-refractivity contribution in [3.63, 3.8) is 0 Å². The van der Waals surface area contributed by atoms with Crippen molar-refractivity contribution >= 4 is 8.32 Å². The molecular weight excluding hydrogens is 621 g/mol. The third-order valence-electron chi connectivity index (χ3n) is 12.7. The zero-order valence-electron chi connectivity index (χ0n) is 30.5. The van der Waals surface area contributed by atoms with Crippen LogP contribution in [-0.2, 0) is 4.43 Å². The normalized spacial score (nSPS) is 22.0. The fraction of sp³-hybridized carbons (Fsp3) is 0.571. The molecule has 4 aliphatic rings. The van der Waals surface area contributed by atoms with Crippen LogP contribution in [0.4, 0.5) is 0 Å². The van der Waals surface area contributed by atoms with E-state index in [-0.39, 0.29) is 17.2 Å². The molecule has 0 radical (unpaired) electrons. The molecule has 6 nitrogen and oxygen atoms in total. The maximum absolute atomic E-state index is 10.7. The average molecular weight is 679 g/mol. The van der Waals surface area contributed by atoms with Crippen LogP contribution in [0.3, 0.4) is 0 Å². The molecule has 7 heteroatoms. The first-order valence-electron chi connectivity index (χ1n) is 19.2. The van der Waals surface area contributed by atoms with E-state index in [0.717, 1.165) is 12.8 Å². The number of aliphatic hydroxyl groups excluding tert-OH is 1. The zero-order valence-corrected chi connectivity index (χ0v) is 31.5. The summed E-state index contributed by atoms with van der Waals surface area (Å²) in [6.45, 7) is 11.9. The molecule has 0 unspecified atom stereocenters. The Bertz CT molecular complexity index is 1690. The molecule has 0 amide bonds. The minimum absolute atomic E-state index is 0.197. The second-order valence-electron chi connectivity index (χ2n) is 16.8. The van der Waals surface area contributed by atoms with Crippen LogP contribution in [0.1, 0.15) is 121 Å². The minimum Gasteiger partial charge on any atom is -0.414 e. The first-order valence-corrected chi connectivity index (χ1v) is 22.1. The molecular formula is C42H58N4O2Si. The lowest BCUT2D eigenvalue weighted by Gasteiger charge is -2.43. The third kappa shape index (κ3) is 7.00. The Morgan fingerprint density at radius 3 is 1.69 bits per heavy atom. The number of aromatic nitrogens is 4. The van der Waals surface area contributed by atoms with E-state index >= 15 is 0 Å². The van der Waals surface area contributed by atoms with E-state index in [1.807, 2.05) is 25.0 Å². The Balaban J connectivity index is 0.000000160. The molecule has 2 fully saturated rings. The fourth-order valence-corrected chi connectivity index (χ4v) is 10.3. The van der Waals surface area contributed by atoms with E-state index in [1.165, 1.54) is 97.8 Å². The molecule has 8 rings (SSSR count). The molecule has 4 heterocycles. The van der Waals surface area contributed by atoms with Crippen molar-refractivity contribution in [1.29, 1.82) is 0 Å². The van der Waals surface area contributed by atoms with Gasteiger partial charge >= 0.3 is 0 Å². The summed E-state index contributed by atoms with van der Waals surface area (Å²) in [6, 6.07) is 18.0. The van der Waals surface area contributed by atoms with Gasteiger partial charge in [-0.15, -0.1) is 0 Å². The Hall–Kier alpha value is -3.00. The molecule has 2 aromatic carbocycles. The van der Waals surface area contributed by atoms with Crippen LogP contribution in [0.5, 0.6) is 0 Å². The molecule has 4 atom stereocenters. The molecule has 2 aliphatic heterocycles. The minimum atomic E-state index is -1.82. The highest BCUT2D eigenvalue weighted by Gasteiger charge is 2.42. The molecule has 49 heavy (non-hydrogen) atoms. The van der Waals surface area contributed by atoms with Crippen molar-refractivity contribution in [2.45, 2.75) is 140 Å². The van der Waals surface area contributed by atoms with Gasteiger partial charge in [0.2, 0.25) is 0 Å². The largest absolute Gasteiger partial charge is 0.414 e. The van der Waals surface area contributed by atoms with Gasteiger partial charge in [0.25, 0.3) is 0 Å².